The normalized spacial score (nSPS) is 11.8. The molecule has 2 N–H and O–H groups in total. The van der Waals surface area contributed by atoms with E-state index in [1.165, 1.54) is 12.1 Å². The number of hydrogen-bond donors (Lipinski definition) is 2. The van der Waals surface area contributed by atoms with Gasteiger partial charge in [-0.05, 0) is 32.9 Å². The van der Waals surface area contributed by atoms with E-state index in [4.69, 9.17) is 0 Å². The minimum absolute atomic E-state index is 0.0400. The molecule has 0 saturated heterocycles. The standard InChI is InChI=1S/C14H17F2N3/c1-14(2,3)17-7-10-8-18-19-13(10)9-4-11(15)6-12(16)5-9/h4-6,8,17H,7H2,1-3H3,(H,18,19). The predicted molar refractivity (Wildman–Crippen MR) is 70.5 cm³/mol. The Morgan fingerprint density at radius 1 is 1.16 bits per heavy atom. The smallest absolute Gasteiger partial charge is 0.126 e. The van der Waals surface area contributed by atoms with E-state index in [-0.39, 0.29) is 5.54 Å². The van der Waals surface area contributed by atoms with Crippen LogP contribution in [0, 0.1) is 11.6 Å². The number of aromatic amines is 1. The number of rotatable bonds is 3. The molecule has 2 rings (SSSR count). The van der Waals surface area contributed by atoms with Gasteiger partial charge in [0.2, 0.25) is 0 Å². The van der Waals surface area contributed by atoms with Crippen molar-refractivity contribution in [3.63, 3.8) is 0 Å². The molecule has 0 unspecified atom stereocenters. The van der Waals surface area contributed by atoms with E-state index in [1.54, 1.807) is 6.20 Å². The Morgan fingerprint density at radius 2 is 1.79 bits per heavy atom. The lowest BCUT2D eigenvalue weighted by Crippen LogP contribution is -2.35. The average Bonchev–Trinajstić information content (AvgIpc) is 2.72. The van der Waals surface area contributed by atoms with E-state index in [0.29, 0.717) is 17.8 Å². The van der Waals surface area contributed by atoms with Crippen LogP contribution in [0.2, 0.25) is 0 Å². The molecule has 0 fully saturated rings. The van der Waals surface area contributed by atoms with Gasteiger partial charge in [-0.3, -0.25) is 5.10 Å². The highest BCUT2D eigenvalue weighted by Crippen LogP contribution is 2.23. The molecule has 2 aromatic rings. The van der Waals surface area contributed by atoms with Gasteiger partial charge in [-0.2, -0.15) is 5.10 Å². The van der Waals surface area contributed by atoms with Crippen LogP contribution in [-0.4, -0.2) is 15.7 Å². The van der Waals surface area contributed by atoms with Gasteiger partial charge >= 0.3 is 0 Å². The van der Waals surface area contributed by atoms with Crippen LogP contribution in [0.25, 0.3) is 11.3 Å². The third-order valence-corrected chi connectivity index (χ3v) is 2.68. The van der Waals surface area contributed by atoms with Crippen LogP contribution >= 0.6 is 0 Å². The van der Waals surface area contributed by atoms with Crippen molar-refractivity contribution in [1.82, 2.24) is 15.5 Å². The fourth-order valence-corrected chi connectivity index (χ4v) is 1.75. The van der Waals surface area contributed by atoms with Crippen molar-refractivity contribution in [1.29, 1.82) is 0 Å². The van der Waals surface area contributed by atoms with E-state index < -0.39 is 11.6 Å². The van der Waals surface area contributed by atoms with E-state index in [1.807, 2.05) is 0 Å². The summed E-state index contributed by atoms with van der Waals surface area (Å²) in [5.41, 5.74) is 1.93. The highest BCUT2D eigenvalue weighted by molar-refractivity contribution is 5.62. The zero-order valence-corrected chi connectivity index (χ0v) is 11.2. The summed E-state index contributed by atoms with van der Waals surface area (Å²) in [6.45, 7) is 6.73. The summed E-state index contributed by atoms with van der Waals surface area (Å²) in [5.74, 6) is -1.20. The Balaban J connectivity index is 2.28. The number of hydrogen-bond acceptors (Lipinski definition) is 2. The van der Waals surface area contributed by atoms with Crippen LogP contribution in [0.5, 0.6) is 0 Å². The van der Waals surface area contributed by atoms with Crippen molar-refractivity contribution in [2.45, 2.75) is 32.9 Å². The maximum Gasteiger partial charge on any atom is 0.126 e. The molecule has 5 heteroatoms. The number of benzene rings is 1. The van der Waals surface area contributed by atoms with Gasteiger partial charge in [0.1, 0.15) is 11.6 Å². The van der Waals surface area contributed by atoms with Crippen LogP contribution in [0.4, 0.5) is 8.78 Å². The molecular weight excluding hydrogens is 248 g/mol. The Bertz CT molecular complexity index is 550. The lowest BCUT2D eigenvalue weighted by Gasteiger charge is -2.20. The summed E-state index contributed by atoms with van der Waals surface area (Å²) >= 11 is 0. The van der Waals surface area contributed by atoms with E-state index in [0.717, 1.165) is 11.6 Å². The van der Waals surface area contributed by atoms with Crippen LogP contribution < -0.4 is 5.32 Å². The van der Waals surface area contributed by atoms with E-state index in [2.05, 4.69) is 36.3 Å². The van der Waals surface area contributed by atoms with Gasteiger partial charge in [0, 0.05) is 29.3 Å². The first-order valence-electron chi connectivity index (χ1n) is 6.09. The third-order valence-electron chi connectivity index (χ3n) is 2.68. The quantitative estimate of drug-likeness (QED) is 0.894. The van der Waals surface area contributed by atoms with Crippen molar-refractivity contribution < 1.29 is 8.78 Å². The second-order valence-corrected chi connectivity index (χ2v) is 5.53. The van der Waals surface area contributed by atoms with E-state index in [9.17, 15) is 8.78 Å². The molecule has 0 radical (unpaired) electrons. The van der Waals surface area contributed by atoms with Gasteiger partial charge in [-0.25, -0.2) is 8.78 Å². The molecule has 0 aliphatic carbocycles. The van der Waals surface area contributed by atoms with Crippen LogP contribution in [0.3, 0.4) is 0 Å². The fraction of sp³-hybridized carbons (Fsp3) is 0.357. The predicted octanol–water partition coefficient (Wildman–Crippen LogP) is 3.24. The Kier molecular flexibility index (Phi) is 3.66. The van der Waals surface area contributed by atoms with Crippen LogP contribution in [-0.2, 0) is 6.54 Å². The maximum atomic E-state index is 13.2. The molecule has 0 atom stereocenters. The van der Waals surface area contributed by atoms with Gasteiger partial charge in [0.15, 0.2) is 0 Å². The number of halogens is 2. The molecule has 102 valence electrons. The van der Waals surface area contributed by atoms with Crippen molar-refractivity contribution in [2.75, 3.05) is 0 Å². The molecule has 3 nitrogen and oxygen atoms in total. The molecule has 0 aliphatic rings. The largest absolute Gasteiger partial charge is 0.308 e. The molecule has 19 heavy (non-hydrogen) atoms. The highest BCUT2D eigenvalue weighted by Gasteiger charge is 2.13. The molecule has 0 amide bonds. The van der Waals surface area contributed by atoms with Crippen LogP contribution in [0.15, 0.2) is 24.4 Å². The van der Waals surface area contributed by atoms with Gasteiger partial charge in [0.25, 0.3) is 0 Å². The van der Waals surface area contributed by atoms with Crippen LogP contribution in [0.1, 0.15) is 26.3 Å². The lowest BCUT2D eigenvalue weighted by atomic mass is 10.1. The summed E-state index contributed by atoms with van der Waals surface area (Å²) in [5, 5.41) is 10.1. The molecule has 1 aromatic heterocycles. The monoisotopic (exact) mass is 265 g/mol. The van der Waals surface area contributed by atoms with Gasteiger partial charge in [-0.15, -0.1) is 0 Å². The second kappa shape index (κ2) is 5.09. The Hall–Kier alpha value is -1.75. The minimum atomic E-state index is -0.598. The number of nitrogens with zero attached hydrogens (tertiary/aromatic N) is 1. The first-order chi connectivity index (χ1) is 8.85. The average molecular weight is 265 g/mol. The third kappa shape index (κ3) is 3.61. The highest BCUT2D eigenvalue weighted by atomic mass is 19.1. The van der Waals surface area contributed by atoms with Gasteiger partial charge in [0.05, 0.1) is 11.9 Å². The molecular formula is C14H17F2N3. The fourth-order valence-electron chi connectivity index (χ4n) is 1.75. The number of aromatic nitrogens is 2. The summed E-state index contributed by atoms with van der Waals surface area (Å²) in [6.07, 6.45) is 1.66. The first kappa shape index (κ1) is 13.7. The Morgan fingerprint density at radius 3 is 2.37 bits per heavy atom. The molecule has 1 aromatic carbocycles. The summed E-state index contributed by atoms with van der Waals surface area (Å²) in [4.78, 5) is 0. The molecule has 0 spiro atoms. The molecule has 1 heterocycles. The van der Waals surface area contributed by atoms with Crippen molar-refractivity contribution in [2.24, 2.45) is 0 Å². The number of nitrogens with one attached hydrogen (secondary N) is 2. The molecule has 0 saturated carbocycles. The van der Waals surface area contributed by atoms with Crippen molar-refractivity contribution in [3.8, 4) is 11.3 Å². The Labute approximate surface area is 111 Å². The SMILES string of the molecule is CC(C)(C)NCc1cn[nH]c1-c1cc(F)cc(F)c1. The zero-order chi connectivity index (χ0) is 14.0. The summed E-state index contributed by atoms with van der Waals surface area (Å²) in [6, 6.07) is 3.43. The van der Waals surface area contributed by atoms with Gasteiger partial charge in [-0.1, -0.05) is 0 Å². The lowest BCUT2D eigenvalue weighted by molar-refractivity contribution is 0.424. The van der Waals surface area contributed by atoms with Gasteiger partial charge < -0.3 is 5.32 Å². The second-order valence-electron chi connectivity index (χ2n) is 5.53. The first-order valence-corrected chi connectivity index (χ1v) is 6.09. The molecule has 0 aliphatic heterocycles. The van der Waals surface area contributed by atoms with Crippen molar-refractivity contribution in [3.05, 3.63) is 41.6 Å². The van der Waals surface area contributed by atoms with Crippen molar-refractivity contribution >= 4 is 0 Å². The summed E-state index contributed by atoms with van der Waals surface area (Å²) < 4.78 is 26.5. The van der Waals surface area contributed by atoms with E-state index >= 15 is 0 Å². The maximum absolute atomic E-state index is 13.2. The topological polar surface area (TPSA) is 40.7 Å². The zero-order valence-electron chi connectivity index (χ0n) is 11.2. The number of H-pyrrole nitrogens is 1. The molecule has 0 bridgehead atoms. The minimum Gasteiger partial charge on any atom is -0.308 e. The summed E-state index contributed by atoms with van der Waals surface area (Å²) in [7, 11) is 0.